The molecular weight excluding hydrogens is 261 g/mol. The maximum absolute atomic E-state index is 12.6. The summed E-state index contributed by atoms with van der Waals surface area (Å²) in [5.41, 5.74) is -1.16. The van der Waals surface area contributed by atoms with Crippen molar-refractivity contribution in [3.05, 3.63) is 35.3 Å². The number of ether oxygens (including phenoxy) is 1. The number of hydrogen-bond acceptors (Lipinski definition) is 4. The van der Waals surface area contributed by atoms with Gasteiger partial charge in [0.25, 0.3) is 0 Å². The fourth-order valence-electron chi connectivity index (χ4n) is 1.26. The summed E-state index contributed by atoms with van der Waals surface area (Å²) >= 11 is 0. The van der Waals surface area contributed by atoms with Crippen LogP contribution in [-0.4, -0.2) is 37.1 Å². The van der Waals surface area contributed by atoms with Crippen LogP contribution in [0.3, 0.4) is 0 Å². The van der Waals surface area contributed by atoms with E-state index in [1.165, 1.54) is 12.3 Å². The minimum absolute atomic E-state index is 0.0198. The van der Waals surface area contributed by atoms with Crippen molar-refractivity contribution < 1.29 is 22.7 Å². The quantitative estimate of drug-likeness (QED) is 0.794. The second-order valence-electron chi connectivity index (χ2n) is 3.90. The van der Waals surface area contributed by atoms with Crippen molar-refractivity contribution in [3.8, 4) is 0 Å². The van der Waals surface area contributed by atoms with Crippen LogP contribution in [0.5, 0.6) is 0 Å². The van der Waals surface area contributed by atoms with E-state index in [4.69, 9.17) is 0 Å². The molecule has 0 saturated carbocycles. The largest absolute Gasteiger partial charge is 0.465 e. The van der Waals surface area contributed by atoms with Gasteiger partial charge in [-0.05, 0) is 18.2 Å². The number of esters is 1. The molecule has 0 bridgehead atoms. The standard InChI is InChI=1S/C12H13F3N2O2/c1-17(2)7-6-9-8(11(18)19-3)4-5-10(16-9)12(13,14)15/h4-7H,1-3H3/b7-6+. The predicted molar refractivity (Wildman–Crippen MR) is 63.3 cm³/mol. The number of nitrogens with zero attached hydrogens (tertiary/aromatic N) is 2. The minimum atomic E-state index is -4.56. The Morgan fingerprint density at radius 1 is 1.37 bits per heavy atom. The van der Waals surface area contributed by atoms with Gasteiger partial charge in [-0.3, -0.25) is 0 Å². The third-order valence-electron chi connectivity index (χ3n) is 2.15. The molecule has 19 heavy (non-hydrogen) atoms. The summed E-state index contributed by atoms with van der Waals surface area (Å²) in [6.07, 6.45) is -1.74. The Morgan fingerprint density at radius 2 is 2.00 bits per heavy atom. The van der Waals surface area contributed by atoms with E-state index in [1.54, 1.807) is 19.0 Å². The van der Waals surface area contributed by atoms with Crippen molar-refractivity contribution in [1.29, 1.82) is 0 Å². The maximum Gasteiger partial charge on any atom is 0.433 e. The van der Waals surface area contributed by atoms with Gasteiger partial charge in [0, 0.05) is 20.3 Å². The molecule has 0 aliphatic rings. The molecule has 0 aliphatic heterocycles. The van der Waals surface area contributed by atoms with Gasteiger partial charge in [-0.2, -0.15) is 13.2 Å². The van der Waals surface area contributed by atoms with E-state index in [0.29, 0.717) is 0 Å². The molecule has 0 saturated heterocycles. The van der Waals surface area contributed by atoms with E-state index in [9.17, 15) is 18.0 Å². The first-order valence-corrected chi connectivity index (χ1v) is 5.27. The molecule has 104 valence electrons. The molecule has 0 aliphatic carbocycles. The Morgan fingerprint density at radius 3 is 2.47 bits per heavy atom. The van der Waals surface area contributed by atoms with Gasteiger partial charge in [0.15, 0.2) is 0 Å². The van der Waals surface area contributed by atoms with Crippen LogP contribution < -0.4 is 0 Å². The number of pyridine rings is 1. The number of hydrogen-bond donors (Lipinski definition) is 0. The van der Waals surface area contributed by atoms with Crippen molar-refractivity contribution in [3.63, 3.8) is 0 Å². The molecule has 0 spiro atoms. The Balaban J connectivity index is 3.30. The van der Waals surface area contributed by atoms with Crippen molar-refractivity contribution >= 4 is 12.0 Å². The van der Waals surface area contributed by atoms with Crippen molar-refractivity contribution in [2.75, 3.05) is 21.2 Å². The van der Waals surface area contributed by atoms with Crippen LogP contribution in [0.15, 0.2) is 18.3 Å². The van der Waals surface area contributed by atoms with Gasteiger partial charge in [-0.1, -0.05) is 0 Å². The fourth-order valence-corrected chi connectivity index (χ4v) is 1.26. The maximum atomic E-state index is 12.6. The average Bonchev–Trinajstić information content (AvgIpc) is 2.33. The average molecular weight is 274 g/mol. The highest BCUT2D eigenvalue weighted by Gasteiger charge is 2.33. The van der Waals surface area contributed by atoms with Gasteiger partial charge < -0.3 is 9.64 Å². The van der Waals surface area contributed by atoms with Crippen molar-refractivity contribution in [2.45, 2.75) is 6.18 Å². The predicted octanol–water partition coefficient (Wildman–Crippen LogP) is 2.42. The summed E-state index contributed by atoms with van der Waals surface area (Å²) in [6, 6.07) is 1.80. The van der Waals surface area contributed by atoms with Gasteiger partial charge in [0.2, 0.25) is 0 Å². The molecule has 1 rings (SSSR count). The van der Waals surface area contributed by atoms with Gasteiger partial charge in [0.05, 0.1) is 18.4 Å². The summed E-state index contributed by atoms with van der Waals surface area (Å²) in [5.74, 6) is -0.736. The Labute approximate surface area is 108 Å². The Hall–Kier alpha value is -2.05. The molecule has 7 heteroatoms. The second-order valence-corrected chi connectivity index (χ2v) is 3.90. The lowest BCUT2D eigenvalue weighted by atomic mass is 10.1. The number of carbonyl (C=O) groups is 1. The van der Waals surface area contributed by atoms with Crippen LogP contribution in [0.2, 0.25) is 0 Å². The monoisotopic (exact) mass is 274 g/mol. The Kier molecular flexibility index (Phi) is 4.52. The van der Waals surface area contributed by atoms with Crippen LogP contribution in [0.25, 0.3) is 6.08 Å². The molecule has 0 unspecified atom stereocenters. The van der Waals surface area contributed by atoms with Crippen LogP contribution in [0, 0.1) is 0 Å². The molecule has 1 heterocycles. The van der Waals surface area contributed by atoms with Gasteiger partial charge in [-0.15, -0.1) is 0 Å². The van der Waals surface area contributed by atoms with Gasteiger partial charge in [-0.25, -0.2) is 9.78 Å². The first-order chi connectivity index (χ1) is 8.75. The van der Waals surface area contributed by atoms with Crippen molar-refractivity contribution in [1.82, 2.24) is 9.88 Å². The highest BCUT2D eigenvalue weighted by molar-refractivity contribution is 5.92. The lowest BCUT2D eigenvalue weighted by Crippen LogP contribution is -2.13. The number of alkyl halides is 3. The van der Waals surface area contributed by atoms with E-state index >= 15 is 0 Å². The Bertz CT molecular complexity index is 496. The zero-order valence-electron chi connectivity index (χ0n) is 10.7. The van der Waals surface area contributed by atoms with Crippen molar-refractivity contribution in [2.24, 2.45) is 0 Å². The first kappa shape index (κ1) is 15.0. The summed E-state index contributed by atoms with van der Waals surface area (Å²) < 4.78 is 42.2. The number of methoxy groups -OCH3 is 1. The molecule has 0 fully saturated rings. The van der Waals surface area contributed by atoms with Gasteiger partial charge in [0.1, 0.15) is 5.69 Å². The van der Waals surface area contributed by atoms with E-state index in [2.05, 4.69) is 9.72 Å². The number of halogens is 3. The smallest absolute Gasteiger partial charge is 0.433 e. The molecule has 0 radical (unpaired) electrons. The summed E-state index contributed by atoms with van der Waals surface area (Å²) in [6.45, 7) is 0. The molecule has 1 aromatic heterocycles. The lowest BCUT2D eigenvalue weighted by Gasteiger charge is -2.10. The third kappa shape index (κ3) is 3.97. The van der Waals surface area contributed by atoms with Crippen LogP contribution >= 0.6 is 0 Å². The highest BCUT2D eigenvalue weighted by atomic mass is 19.4. The van der Waals surface area contributed by atoms with E-state index in [0.717, 1.165) is 19.2 Å². The summed E-state index contributed by atoms with van der Waals surface area (Å²) in [4.78, 5) is 16.5. The van der Waals surface area contributed by atoms with E-state index in [1.807, 2.05) is 0 Å². The van der Waals surface area contributed by atoms with E-state index < -0.39 is 17.8 Å². The molecule has 0 atom stereocenters. The number of carbonyl (C=O) groups excluding carboxylic acids is 1. The normalized spacial score (nSPS) is 11.7. The topological polar surface area (TPSA) is 42.4 Å². The van der Waals surface area contributed by atoms with Gasteiger partial charge >= 0.3 is 12.1 Å². The zero-order valence-corrected chi connectivity index (χ0v) is 10.7. The molecule has 0 aromatic carbocycles. The molecule has 4 nitrogen and oxygen atoms in total. The zero-order chi connectivity index (χ0) is 14.6. The number of aromatic nitrogens is 1. The number of rotatable bonds is 3. The molecule has 1 aromatic rings. The van der Waals surface area contributed by atoms with Crippen LogP contribution in [-0.2, 0) is 10.9 Å². The SMILES string of the molecule is COC(=O)c1ccc(C(F)(F)F)nc1/C=C/N(C)C. The molecule has 0 N–H and O–H groups in total. The second kappa shape index (κ2) is 5.73. The molecular formula is C12H13F3N2O2. The summed E-state index contributed by atoms with van der Waals surface area (Å²) in [7, 11) is 4.54. The van der Waals surface area contributed by atoms with Crippen LogP contribution in [0.4, 0.5) is 13.2 Å². The summed E-state index contributed by atoms with van der Waals surface area (Å²) in [5, 5.41) is 0. The first-order valence-electron chi connectivity index (χ1n) is 5.27. The minimum Gasteiger partial charge on any atom is -0.465 e. The fraction of sp³-hybridized carbons (Fsp3) is 0.333. The molecule has 0 amide bonds. The van der Waals surface area contributed by atoms with Crippen LogP contribution in [0.1, 0.15) is 21.7 Å². The lowest BCUT2D eigenvalue weighted by molar-refractivity contribution is -0.141. The third-order valence-corrected chi connectivity index (χ3v) is 2.15. The highest BCUT2D eigenvalue weighted by Crippen LogP contribution is 2.28. The van der Waals surface area contributed by atoms with E-state index in [-0.39, 0.29) is 11.3 Å².